The standard InChI is InChI=1S/C18H22O/c19-7-11-4-10-5-12(11)18-14-6-13(17(10)18)15-8-1-2-9(3-8)16(14)15/h1-2,7-18H,3-6H2. The molecule has 100 valence electrons. The normalized spacial score (nSPS) is 69.8. The molecule has 11 atom stereocenters. The van der Waals surface area contributed by atoms with E-state index in [1.165, 1.54) is 32.0 Å². The van der Waals surface area contributed by atoms with Crippen molar-refractivity contribution in [2.24, 2.45) is 65.1 Å². The van der Waals surface area contributed by atoms with Gasteiger partial charge < -0.3 is 4.79 Å². The smallest absolute Gasteiger partial charge is 0.123 e. The van der Waals surface area contributed by atoms with Crippen LogP contribution in [0.25, 0.3) is 0 Å². The van der Waals surface area contributed by atoms with E-state index in [-0.39, 0.29) is 0 Å². The summed E-state index contributed by atoms with van der Waals surface area (Å²) in [5.74, 6) is 10.2. The molecule has 6 bridgehead atoms. The lowest BCUT2D eigenvalue weighted by molar-refractivity contribution is -0.114. The van der Waals surface area contributed by atoms with E-state index in [9.17, 15) is 4.79 Å². The molecule has 5 saturated carbocycles. The summed E-state index contributed by atoms with van der Waals surface area (Å²) in [6.45, 7) is 0. The molecule has 0 N–H and O–H groups in total. The Morgan fingerprint density at radius 3 is 2.21 bits per heavy atom. The summed E-state index contributed by atoms with van der Waals surface area (Å²) in [7, 11) is 0. The Bertz CT molecular complexity index is 494. The largest absolute Gasteiger partial charge is 0.303 e. The molecule has 0 aromatic rings. The molecule has 5 fully saturated rings. The molecule has 6 aliphatic rings. The predicted octanol–water partition coefficient (Wildman–Crippen LogP) is 3.16. The Morgan fingerprint density at radius 1 is 0.737 bits per heavy atom. The SMILES string of the molecule is O=CC1CC2CC1C1C3CC(C4C5C=CC(C5)C34)C21. The van der Waals surface area contributed by atoms with Crippen LogP contribution in [0.4, 0.5) is 0 Å². The van der Waals surface area contributed by atoms with Crippen LogP contribution in [-0.2, 0) is 4.79 Å². The second-order valence-corrected chi connectivity index (χ2v) is 8.52. The van der Waals surface area contributed by atoms with Crippen molar-refractivity contribution in [2.45, 2.75) is 25.7 Å². The third-order valence-electron chi connectivity index (χ3n) is 8.46. The van der Waals surface area contributed by atoms with Crippen molar-refractivity contribution >= 4 is 6.29 Å². The molecule has 0 aromatic carbocycles. The fraction of sp³-hybridized carbons (Fsp3) is 0.833. The third-order valence-corrected chi connectivity index (χ3v) is 8.46. The van der Waals surface area contributed by atoms with Gasteiger partial charge in [-0.3, -0.25) is 0 Å². The summed E-state index contributed by atoms with van der Waals surface area (Å²) in [6, 6.07) is 0. The van der Waals surface area contributed by atoms with Gasteiger partial charge >= 0.3 is 0 Å². The van der Waals surface area contributed by atoms with E-state index in [2.05, 4.69) is 12.2 Å². The van der Waals surface area contributed by atoms with Crippen LogP contribution in [0.3, 0.4) is 0 Å². The Balaban J connectivity index is 1.44. The number of carbonyl (C=O) groups excluding carboxylic acids is 1. The van der Waals surface area contributed by atoms with Crippen LogP contribution in [0.15, 0.2) is 12.2 Å². The van der Waals surface area contributed by atoms with Crippen molar-refractivity contribution in [3.63, 3.8) is 0 Å². The van der Waals surface area contributed by atoms with Gasteiger partial charge in [0.1, 0.15) is 6.29 Å². The van der Waals surface area contributed by atoms with Gasteiger partial charge in [-0.15, -0.1) is 0 Å². The van der Waals surface area contributed by atoms with Crippen LogP contribution in [0, 0.1) is 65.1 Å². The number of rotatable bonds is 1. The highest BCUT2D eigenvalue weighted by molar-refractivity contribution is 5.55. The van der Waals surface area contributed by atoms with Gasteiger partial charge in [-0.05, 0) is 84.9 Å². The number of hydrogen-bond donors (Lipinski definition) is 0. The zero-order valence-electron chi connectivity index (χ0n) is 11.3. The van der Waals surface area contributed by atoms with Crippen molar-refractivity contribution in [1.82, 2.24) is 0 Å². The minimum Gasteiger partial charge on any atom is -0.303 e. The van der Waals surface area contributed by atoms with E-state index in [1.807, 2.05) is 0 Å². The fourth-order valence-corrected chi connectivity index (χ4v) is 8.46. The van der Waals surface area contributed by atoms with Gasteiger partial charge in [0.2, 0.25) is 0 Å². The molecule has 0 radical (unpaired) electrons. The number of allylic oxidation sites excluding steroid dienone is 2. The average Bonchev–Trinajstić information content (AvgIpc) is 3.20. The molecule has 0 aliphatic heterocycles. The van der Waals surface area contributed by atoms with E-state index in [1.54, 1.807) is 0 Å². The zero-order chi connectivity index (χ0) is 12.3. The topological polar surface area (TPSA) is 17.1 Å². The monoisotopic (exact) mass is 254 g/mol. The van der Waals surface area contributed by atoms with Gasteiger partial charge in [0.25, 0.3) is 0 Å². The van der Waals surface area contributed by atoms with E-state index >= 15 is 0 Å². The Kier molecular flexibility index (Phi) is 1.62. The van der Waals surface area contributed by atoms with Crippen LogP contribution in [0.5, 0.6) is 0 Å². The summed E-state index contributed by atoms with van der Waals surface area (Å²) in [6.07, 6.45) is 12.1. The lowest BCUT2D eigenvalue weighted by atomic mass is 9.59. The van der Waals surface area contributed by atoms with Gasteiger partial charge in [-0.2, -0.15) is 0 Å². The first-order valence-corrected chi connectivity index (χ1v) is 8.50. The Hall–Kier alpha value is -0.590. The highest BCUT2D eigenvalue weighted by atomic mass is 16.1. The Morgan fingerprint density at radius 2 is 1.47 bits per heavy atom. The summed E-state index contributed by atoms with van der Waals surface area (Å²) >= 11 is 0. The molecular weight excluding hydrogens is 232 g/mol. The van der Waals surface area contributed by atoms with Crippen molar-refractivity contribution in [2.75, 3.05) is 0 Å². The van der Waals surface area contributed by atoms with Crippen LogP contribution in [0.1, 0.15) is 25.7 Å². The second kappa shape index (κ2) is 3.02. The van der Waals surface area contributed by atoms with Gasteiger partial charge in [-0.1, -0.05) is 12.2 Å². The zero-order valence-corrected chi connectivity index (χ0v) is 11.3. The molecule has 1 heteroatoms. The number of aldehydes is 1. The van der Waals surface area contributed by atoms with Gasteiger partial charge in [-0.25, -0.2) is 0 Å². The molecular formula is C18H22O. The Labute approximate surface area is 114 Å². The summed E-state index contributed by atoms with van der Waals surface area (Å²) in [5, 5.41) is 0. The average molecular weight is 254 g/mol. The van der Waals surface area contributed by atoms with Crippen molar-refractivity contribution in [3.8, 4) is 0 Å². The molecule has 0 aromatic heterocycles. The first-order valence-electron chi connectivity index (χ1n) is 8.50. The number of fused-ring (bicyclic) bond motifs is 16. The molecule has 0 amide bonds. The molecule has 11 unspecified atom stereocenters. The molecule has 0 heterocycles. The van der Waals surface area contributed by atoms with Crippen molar-refractivity contribution in [1.29, 1.82) is 0 Å². The lowest BCUT2D eigenvalue weighted by Crippen LogP contribution is -2.41. The minimum atomic E-state index is 0.443. The molecule has 0 saturated heterocycles. The maximum absolute atomic E-state index is 11.3. The fourth-order valence-electron chi connectivity index (χ4n) is 8.46. The highest BCUT2D eigenvalue weighted by Crippen LogP contribution is 2.76. The third kappa shape index (κ3) is 0.937. The molecule has 1 nitrogen and oxygen atoms in total. The van der Waals surface area contributed by atoms with Gasteiger partial charge in [0.05, 0.1) is 0 Å². The summed E-state index contributed by atoms with van der Waals surface area (Å²) < 4.78 is 0. The molecule has 6 aliphatic carbocycles. The predicted molar refractivity (Wildman–Crippen MR) is 72.1 cm³/mol. The number of carbonyl (C=O) groups is 1. The van der Waals surface area contributed by atoms with Gasteiger partial charge in [0.15, 0.2) is 0 Å². The van der Waals surface area contributed by atoms with Crippen molar-refractivity contribution in [3.05, 3.63) is 12.2 Å². The van der Waals surface area contributed by atoms with E-state index in [0.29, 0.717) is 5.92 Å². The maximum atomic E-state index is 11.3. The van der Waals surface area contributed by atoms with Gasteiger partial charge in [0, 0.05) is 5.92 Å². The first-order chi connectivity index (χ1) is 9.36. The maximum Gasteiger partial charge on any atom is 0.123 e. The summed E-state index contributed by atoms with van der Waals surface area (Å²) in [4.78, 5) is 11.3. The van der Waals surface area contributed by atoms with E-state index in [0.717, 1.165) is 59.2 Å². The molecule has 6 rings (SSSR count). The van der Waals surface area contributed by atoms with Crippen LogP contribution in [0.2, 0.25) is 0 Å². The minimum absolute atomic E-state index is 0.443. The quantitative estimate of drug-likeness (QED) is 0.399. The van der Waals surface area contributed by atoms with Crippen LogP contribution in [-0.4, -0.2) is 6.29 Å². The molecule has 0 spiro atoms. The first kappa shape index (κ1) is 10.2. The van der Waals surface area contributed by atoms with Crippen molar-refractivity contribution < 1.29 is 4.79 Å². The van der Waals surface area contributed by atoms with E-state index < -0.39 is 0 Å². The molecule has 19 heavy (non-hydrogen) atoms. The van der Waals surface area contributed by atoms with Crippen LogP contribution >= 0.6 is 0 Å². The van der Waals surface area contributed by atoms with Crippen LogP contribution < -0.4 is 0 Å². The number of hydrogen-bond acceptors (Lipinski definition) is 1. The summed E-state index contributed by atoms with van der Waals surface area (Å²) in [5.41, 5.74) is 0. The lowest BCUT2D eigenvalue weighted by Gasteiger charge is -2.45. The highest BCUT2D eigenvalue weighted by Gasteiger charge is 2.70. The van der Waals surface area contributed by atoms with E-state index in [4.69, 9.17) is 0 Å². The second-order valence-electron chi connectivity index (χ2n) is 8.52.